The highest BCUT2D eigenvalue weighted by Crippen LogP contribution is 2.33. The predicted octanol–water partition coefficient (Wildman–Crippen LogP) is 3.95. The number of H-pyrrole nitrogens is 1. The van der Waals surface area contributed by atoms with E-state index < -0.39 is 0 Å². The van der Waals surface area contributed by atoms with Crippen LogP contribution in [0.1, 0.15) is 12.5 Å². The molecule has 3 rings (SSSR count). The number of nitrogens with zero attached hydrogens (tertiary/aromatic N) is 3. The van der Waals surface area contributed by atoms with E-state index in [0.29, 0.717) is 23.7 Å². The molecule has 3 aromatic rings. The lowest BCUT2D eigenvalue weighted by atomic mass is 10.2. The molecule has 1 aromatic heterocycles. The number of phenolic OH excluding ortho intramolecular Hbond substituents is 2. The van der Waals surface area contributed by atoms with Gasteiger partial charge in [-0.2, -0.15) is 14.9 Å². The molecule has 0 radical (unpaired) electrons. The molecule has 1 heterocycles. The van der Waals surface area contributed by atoms with Crippen molar-refractivity contribution in [2.75, 3.05) is 6.61 Å². The Balaban J connectivity index is 2.03. The minimum atomic E-state index is -0.380. The van der Waals surface area contributed by atoms with E-state index in [4.69, 9.17) is 28.6 Å². The molecule has 0 fully saturated rings. The van der Waals surface area contributed by atoms with Crippen molar-refractivity contribution in [1.29, 1.82) is 0 Å². The van der Waals surface area contributed by atoms with Crippen molar-refractivity contribution in [1.82, 2.24) is 14.9 Å². The maximum Gasteiger partial charge on any atom is 0.216 e. The molecular formula is C17H15ClN4O3S. The van der Waals surface area contributed by atoms with Gasteiger partial charge in [-0.1, -0.05) is 23.7 Å². The first kappa shape index (κ1) is 18.0. The summed E-state index contributed by atoms with van der Waals surface area (Å²) in [5.74, 6) is 0.418. The van der Waals surface area contributed by atoms with Crippen molar-refractivity contribution in [2.45, 2.75) is 6.92 Å². The number of hydrogen-bond acceptors (Lipinski definition) is 6. The van der Waals surface area contributed by atoms with Gasteiger partial charge in [-0.15, -0.1) is 0 Å². The standard InChI is InChI=1S/C17H15ClN4O3S/c1-2-25-14-6-4-3-5-11(14)16-20-21-17(26)22(16)19-9-10-7-12(18)15(24)13(23)8-10/h3-9,23-24H,2H2,1H3,(H,21,26)/b19-9+. The highest BCUT2D eigenvalue weighted by Gasteiger charge is 2.13. The molecule has 7 nitrogen and oxygen atoms in total. The number of rotatable bonds is 5. The molecule has 3 N–H and O–H groups in total. The average Bonchev–Trinajstić information content (AvgIpc) is 2.99. The lowest BCUT2D eigenvalue weighted by Crippen LogP contribution is -1.99. The largest absolute Gasteiger partial charge is 0.504 e. The normalized spacial score (nSPS) is 11.2. The topological polar surface area (TPSA) is 95.7 Å². The number of aromatic nitrogens is 3. The monoisotopic (exact) mass is 390 g/mol. The molecule has 2 aromatic carbocycles. The summed E-state index contributed by atoms with van der Waals surface area (Å²) in [4.78, 5) is 0. The molecule has 0 spiro atoms. The van der Waals surface area contributed by atoms with Crippen LogP contribution in [0.25, 0.3) is 11.4 Å². The van der Waals surface area contributed by atoms with E-state index in [9.17, 15) is 10.2 Å². The minimum Gasteiger partial charge on any atom is -0.504 e. The zero-order valence-electron chi connectivity index (χ0n) is 13.7. The van der Waals surface area contributed by atoms with Crippen LogP contribution in [0.5, 0.6) is 17.2 Å². The highest BCUT2D eigenvalue weighted by atomic mass is 35.5. The fourth-order valence-electron chi connectivity index (χ4n) is 2.31. The van der Waals surface area contributed by atoms with Crippen LogP contribution in [0, 0.1) is 4.77 Å². The molecule has 0 saturated carbocycles. The fraction of sp³-hybridized carbons (Fsp3) is 0.118. The summed E-state index contributed by atoms with van der Waals surface area (Å²) >= 11 is 11.1. The second kappa shape index (κ2) is 7.59. The number of halogens is 1. The van der Waals surface area contributed by atoms with E-state index in [1.807, 2.05) is 31.2 Å². The maximum atomic E-state index is 9.66. The van der Waals surface area contributed by atoms with Gasteiger partial charge in [0, 0.05) is 0 Å². The Hall–Kier alpha value is -2.84. The average molecular weight is 391 g/mol. The summed E-state index contributed by atoms with van der Waals surface area (Å²) in [7, 11) is 0. The molecule has 0 unspecified atom stereocenters. The fourth-order valence-corrected chi connectivity index (χ4v) is 2.71. The van der Waals surface area contributed by atoms with Crippen LogP contribution in [0.3, 0.4) is 0 Å². The van der Waals surface area contributed by atoms with Crippen LogP contribution in [0.15, 0.2) is 41.5 Å². The van der Waals surface area contributed by atoms with E-state index in [1.54, 1.807) is 0 Å². The first-order valence-electron chi connectivity index (χ1n) is 7.66. The van der Waals surface area contributed by atoms with Gasteiger partial charge in [0.2, 0.25) is 4.77 Å². The zero-order chi connectivity index (χ0) is 18.7. The summed E-state index contributed by atoms with van der Waals surface area (Å²) < 4.78 is 7.36. The molecule has 0 aliphatic heterocycles. The van der Waals surface area contributed by atoms with Crippen molar-refractivity contribution in [2.24, 2.45) is 5.10 Å². The van der Waals surface area contributed by atoms with Crippen molar-refractivity contribution < 1.29 is 14.9 Å². The van der Waals surface area contributed by atoms with Gasteiger partial charge in [0.05, 0.1) is 23.4 Å². The van der Waals surface area contributed by atoms with Gasteiger partial charge in [0.25, 0.3) is 0 Å². The van der Waals surface area contributed by atoms with E-state index in [-0.39, 0.29) is 21.3 Å². The zero-order valence-corrected chi connectivity index (χ0v) is 15.3. The molecular weight excluding hydrogens is 376 g/mol. The van der Waals surface area contributed by atoms with Crippen LogP contribution in [0.4, 0.5) is 0 Å². The molecule has 9 heteroatoms. The molecule has 134 valence electrons. The quantitative estimate of drug-likeness (QED) is 0.348. The maximum absolute atomic E-state index is 9.66. The Morgan fingerprint density at radius 2 is 2.12 bits per heavy atom. The minimum absolute atomic E-state index is 0.0177. The third kappa shape index (κ3) is 3.56. The summed E-state index contributed by atoms with van der Waals surface area (Å²) in [5.41, 5.74) is 1.21. The van der Waals surface area contributed by atoms with Gasteiger partial charge in [-0.05, 0) is 49.0 Å². The first-order chi connectivity index (χ1) is 12.5. The van der Waals surface area contributed by atoms with E-state index in [0.717, 1.165) is 5.56 Å². The van der Waals surface area contributed by atoms with Crippen LogP contribution < -0.4 is 4.74 Å². The van der Waals surface area contributed by atoms with E-state index >= 15 is 0 Å². The molecule has 0 bridgehead atoms. The third-order valence-corrected chi connectivity index (χ3v) is 4.02. The molecule has 0 atom stereocenters. The van der Waals surface area contributed by atoms with Crippen LogP contribution in [-0.4, -0.2) is 37.9 Å². The number of aromatic hydroxyl groups is 2. The van der Waals surface area contributed by atoms with Crippen LogP contribution in [0.2, 0.25) is 5.02 Å². The number of phenols is 2. The molecule has 26 heavy (non-hydrogen) atoms. The summed E-state index contributed by atoms with van der Waals surface area (Å²) in [6.07, 6.45) is 1.45. The number of ether oxygens (including phenoxy) is 1. The van der Waals surface area contributed by atoms with Crippen LogP contribution >= 0.6 is 23.8 Å². The Morgan fingerprint density at radius 1 is 1.35 bits per heavy atom. The van der Waals surface area contributed by atoms with E-state index in [2.05, 4.69) is 15.3 Å². The molecule has 0 aliphatic carbocycles. The van der Waals surface area contributed by atoms with Crippen molar-refractivity contribution in [3.8, 4) is 28.6 Å². The van der Waals surface area contributed by atoms with Gasteiger partial charge in [-0.25, -0.2) is 5.10 Å². The number of hydrogen-bond donors (Lipinski definition) is 3. The SMILES string of the molecule is CCOc1ccccc1-c1n[nH]c(=S)n1/N=C/c1cc(O)c(O)c(Cl)c1. The second-order valence-corrected chi connectivity index (χ2v) is 6.00. The number of benzene rings is 2. The smallest absolute Gasteiger partial charge is 0.216 e. The van der Waals surface area contributed by atoms with Crippen molar-refractivity contribution in [3.63, 3.8) is 0 Å². The second-order valence-electron chi connectivity index (χ2n) is 5.21. The number of nitrogens with one attached hydrogen (secondary N) is 1. The Bertz CT molecular complexity index is 1010. The van der Waals surface area contributed by atoms with Gasteiger partial charge < -0.3 is 14.9 Å². The summed E-state index contributed by atoms with van der Waals surface area (Å²) in [5, 5.41) is 30.4. The molecule has 0 amide bonds. The lowest BCUT2D eigenvalue weighted by molar-refractivity contribution is 0.341. The highest BCUT2D eigenvalue weighted by molar-refractivity contribution is 7.71. The van der Waals surface area contributed by atoms with Crippen molar-refractivity contribution in [3.05, 3.63) is 51.8 Å². The molecule has 0 saturated heterocycles. The third-order valence-electron chi connectivity index (χ3n) is 3.47. The van der Waals surface area contributed by atoms with E-state index in [1.165, 1.54) is 23.0 Å². The molecule has 0 aliphatic rings. The predicted molar refractivity (Wildman–Crippen MR) is 102 cm³/mol. The Kier molecular flexibility index (Phi) is 5.24. The first-order valence-corrected chi connectivity index (χ1v) is 8.45. The number of aromatic amines is 1. The van der Waals surface area contributed by atoms with Gasteiger partial charge in [0.15, 0.2) is 17.3 Å². The Morgan fingerprint density at radius 3 is 2.85 bits per heavy atom. The van der Waals surface area contributed by atoms with Crippen LogP contribution in [-0.2, 0) is 0 Å². The van der Waals surface area contributed by atoms with Crippen molar-refractivity contribution >= 4 is 30.0 Å². The lowest BCUT2D eigenvalue weighted by Gasteiger charge is -2.08. The van der Waals surface area contributed by atoms with Gasteiger partial charge in [-0.3, -0.25) is 0 Å². The number of para-hydroxylation sites is 1. The van der Waals surface area contributed by atoms with Gasteiger partial charge >= 0.3 is 0 Å². The Labute approximate surface area is 159 Å². The summed E-state index contributed by atoms with van der Waals surface area (Å²) in [6, 6.07) is 10.2. The summed E-state index contributed by atoms with van der Waals surface area (Å²) in [6.45, 7) is 2.41. The van der Waals surface area contributed by atoms with Gasteiger partial charge in [0.1, 0.15) is 5.75 Å².